The molecule has 0 atom stereocenters. The number of nitrogens with zero attached hydrogens (tertiary/aromatic N) is 2. The molecule has 0 radical (unpaired) electrons. The molecule has 1 heterocycles. The van der Waals surface area contributed by atoms with E-state index in [1.807, 2.05) is 36.4 Å². The van der Waals surface area contributed by atoms with Gasteiger partial charge in [-0.1, -0.05) is 15.9 Å². The predicted molar refractivity (Wildman–Crippen MR) is 105 cm³/mol. The minimum absolute atomic E-state index is 0.125. The van der Waals surface area contributed by atoms with Crippen LogP contribution in [-0.2, 0) is 0 Å². The summed E-state index contributed by atoms with van der Waals surface area (Å²) in [4.78, 5) is 17.2. The molecule has 0 unspecified atom stereocenters. The first-order valence-corrected chi connectivity index (χ1v) is 9.04. The third kappa shape index (κ3) is 4.32. The van der Waals surface area contributed by atoms with Crippen molar-refractivity contribution in [3.8, 4) is 5.75 Å². The minimum atomic E-state index is -0.125. The van der Waals surface area contributed by atoms with Crippen molar-refractivity contribution in [3.05, 3.63) is 52.5 Å². The van der Waals surface area contributed by atoms with E-state index in [0.717, 1.165) is 47.8 Å². The molecule has 3 rings (SSSR count). The van der Waals surface area contributed by atoms with Crippen molar-refractivity contribution in [2.45, 2.75) is 0 Å². The molecule has 1 aliphatic rings. The normalized spacial score (nSPS) is 15.1. The number of hydrogen-bond acceptors (Lipinski definition) is 4. The van der Waals surface area contributed by atoms with E-state index in [9.17, 15) is 4.79 Å². The number of hydrogen-bond donors (Lipinski definition) is 1. The number of likely N-dealkylation sites (N-methyl/N-ethyl adjacent to an activating group) is 1. The number of ether oxygens (including phenoxy) is 1. The number of amides is 1. The Morgan fingerprint density at radius 2 is 1.76 bits per heavy atom. The van der Waals surface area contributed by atoms with Gasteiger partial charge in [-0.15, -0.1) is 0 Å². The molecule has 1 saturated heterocycles. The van der Waals surface area contributed by atoms with Crippen LogP contribution in [0.25, 0.3) is 0 Å². The maximum atomic E-state index is 12.6. The van der Waals surface area contributed by atoms with Crippen LogP contribution in [0.15, 0.2) is 46.9 Å². The van der Waals surface area contributed by atoms with E-state index in [1.54, 1.807) is 13.2 Å². The first-order valence-electron chi connectivity index (χ1n) is 8.25. The molecule has 0 bridgehead atoms. The lowest BCUT2D eigenvalue weighted by molar-refractivity contribution is 0.102. The molecule has 1 N–H and O–H groups in total. The Hall–Kier alpha value is -2.05. The summed E-state index contributed by atoms with van der Waals surface area (Å²) in [6, 6.07) is 13.1. The number of benzene rings is 2. The lowest BCUT2D eigenvalue weighted by Gasteiger charge is -2.34. The highest BCUT2D eigenvalue weighted by Gasteiger charge is 2.19. The van der Waals surface area contributed by atoms with Crippen molar-refractivity contribution >= 4 is 33.2 Å². The summed E-state index contributed by atoms with van der Waals surface area (Å²) in [5, 5.41) is 2.93. The van der Waals surface area contributed by atoms with E-state index in [-0.39, 0.29) is 5.91 Å². The van der Waals surface area contributed by atoms with E-state index in [4.69, 9.17) is 4.74 Å². The van der Waals surface area contributed by atoms with Gasteiger partial charge >= 0.3 is 0 Å². The van der Waals surface area contributed by atoms with Crippen LogP contribution in [0.5, 0.6) is 5.75 Å². The van der Waals surface area contributed by atoms with Gasteiger partial charge in [0.1, 0.15) is 5.75 Å². The van der Waals surface area contributed by atoms with Crippen molar-refractivity contribution in [2.75, 3.05) is 50.6 Å². The second kappa shape index (κ2) is 7.89. The Labute approximate surface area is 156 Å². The largest absolute Gasteiger partial charge is 0.495 e. The molecular weight excluding hydrogens is 382 g/mol. The molecule has 0 saturated carbocycles. The summed E-state index contributed by atoms with van der Waals surface area (Å²) < 4.78 is 6.48. The van der Waals surface area contributed by atoms with Crippen LogP contribution in [0.2, 0.25) is 0 Å². The maximum absolute atomic E-state index is 12.6. The third-order valence-electron chi connectivity index (χ3n) is 4.39. The predicted octanol–water partition coefficient (Wildman–Crippen LogP) is 3.46. The molecule has 1 amide bonds. The van der Waals surface area contributed by atoms with Gasteiger partial charge in [0.15, 0.2) is 0 Å². The van der Waals surface area contributed by atoms with Crippen LogP contribution in [0.3, 0.4) is 0 Å². The fraction of sp³-hybridized carbons (Fsp3) is 0.316. The van der Waals surface area contributed by atoms with Crippen LogP contribution >= 0.6 is 15.9 Å². The fourth-order valence-corrected chi connectivity index (χ4v) is 3.13. The molecule has 0 spiro atoms. The highest BCUT2D eigenvalue weighted by Crippen LogP contribution is 2.30. The molecule has 2 aromatic rings. The molecule has 1 fully saturated rings. The lowest BCUT2D eigenvalue weighted by atomic mass is 10.1. The standard InChI is InChI=1S/C19H22BrN3O2/c1-22-9-11-23(12-10-22)17-13-14(3-8-18(17)25-2)19(24)21-16-6-4-15(20)5-7-16/h3-8,13H,9-12H2,1-2H3,(H,21,24). The van der Waals surface area contributed by atoms with Gasteiger partial charge < -0.3 is 19.9 Å². The van der Waals surface area contributed by atoms with Crippen LogP contribution in [0.1, 0.15) is 10.4 Å². The molecule has 0 aromatic heterocycles. The number of carbonyl (C=O) groups excluding carboxylic acids is 1. The molecule has 25 heavy (non-hydrogen) atoms. The number of halogens is 1. The molecule has 2 aromatic carbocycles. The van der Waals surface area contributed by atoms with Gasteiger partial charge in [0.05, 0.1) is 12.8 Å². The fourth-order valence-electron chi connectivity index (χ4n) is 2.86. The number of nitrogens with one attached hydrogen (secondary N) is 1. The zero-order chi connectivity index (χ0) is 17.8. The van der Waals surface area contributed by atoms with Gasteiger partial charge in [-0.25, -0.2) is 0 Å². The van der Waals surface area contributed by atoms with Gasteiger partial charge in [-0.05, 0) is 49.5 Å². The Morgan fingerprint density at radius 3 is 2.40 bits per heavy atom. The van der Waals surface area contributed by atoms with E-state index in [1.165, 1.54) is 0 Å². The summed E-state index contributed by atoms with van der Waals surface area (Å²) in [6.07, 6.45) is 0. The lowest BCUT2D eigenvalue weighted by Crippen LogP contribution is -2.44. The van der Waals surface area contributed by atoms with Gasteiger partial charge in [0, 0.05) is 41.9 Å². The van der Waals surface area contributed by atoms with Crippen molar-refractivity contribution in [1.29, 1.82) is 0 Å². The summed E-state index contributed by atoms with van der Waals surface area (Å²) in [7, 11) is 3.78. The first kappa shape index (κ1) is 17.8. The number of rotatable bonds is 4. The number of anilines is 2. The topological polar surface area (TPSA) is 44.8 Å². The van der Waals surface area contributed by atoms with Crippen LogP contribution in [0, 0.1) is 0 Å². The second-order valence-corrected chi connectivity index (χ2v) is 7.05. The van der Waals surface area contributed by atoms with E-state index < -0.39 is 0 Å². The van der Waals surface area contributed by atoms with Crippen molar-refractivity contribution in [1.82, 2.24) is 4.90 Å². The highest BCUT2D eigenvalue weighted by atomic mass is 79.9. The summed E-state index contributed by atoms with van der Waals surface area (Å²) in [6.45, 7) is 3.84. The van der Waals surface area contributed by atoms with E-state index >= 15 is 0 Å². The average molecular weight is 404 g/mol. The number of methoxy groups -OCH3 is 1. The van der Waals surface area contributed by atoms with Crippen LogP contribution in [0.4, 0.5) is 11.4 Å². The van der Waals surface area contributed by atoms with Gasteiger partial charge in [0.2, 0.25) is 0 Å². The molecule has 132 valence electrons. The van der Waals surface area contributed by atoms with Crippen molar-refractivity contribution < 1.29 is 9.53 Å². The maximum Gasteiger partial charge on any atom is 0.255 e. The summed E-state index contributed by atoms with van der Waals surface area (Å²) in [5.41, 5.74) is 2.36. The Bertz CT molecular complexity index is 741. The van der Waals surface area contributed by atoms with Crippen LogP contribution in [-0.4, -0.2) is 51.1 Å². The second-order valence-electron chi connectivity index (χ2n) is 6.14. The number of piperazine rings is 1. The van der Waals surface area contributed by atoms with Crippen molar-refractivity contribution in [3.63, 3.8) is 0 Å². The third-order valence-corrected chi connectivity index (χ3v) is 4.92. The summed E-state index contributed by atoms with van der Waals surface area (Å²) >= 11 is 3.39. The molecule has 6 heteroatoms. The zero-order valence-electron chi connectivity index (χ0n) is 14.5. The molecule has 1 aliphatic heterocycles. The Morgan fingerprint density at radius 1 is 1.08 bits per heavy atom. The first-order chi connectivity index (χ1) is 12.1. The average Bonchev–Trinajstić information content (AvgIpc) is 2.63. The number of carbonyl (C=O) groups is 1. The molecule has 0 aliphatic carbocycles. The van der Waals surface area contributed by atoms with Gasteiger partial charge in [0.25, 0.3) is 5.91 Å². The van der Waals surface area contributed by atoms with E-state index in [0.29, 0.717) is 5.56 Å². The summed E-state index contributed by atoms with van der Waals surface area (Å²) in [5.74, 6) is 0.671. The molecule has 5 nitrogen and oxygen atoms in total. The van der Waals surface area contributed by atoms with Gasteiger partial charge in [-0.2, -0.15) is 0 Å². The van der Waals surface area contributed by atoms with Crippen LogP contribution < -0.4 is 15.0 Å². The zero-order valence-corrected chi connectivity index (χ0v) is 16.0. The Kier molecular flexibility index (Phi) is 5.60. The smallest absolute Gasteiger partial charge is 0.255 e. The highest BCUT2D eigenvalue weighted by molar-refractivity contribution is 9.10. The Balaban J connectivity index is 1.80. The monoisotopic (exact) mass is 403 g/mol. The molecular formula is C19H22BrN3O2. The SMILES string of the molecule is COc1ccc(C(=O)Nc2ccc(Br)cc2)cc1N1CCN(C)CC1. The van der Waals surface area contributed by atoms with E-state index in [2.05, 4.69) is 38.1 Å². The quantitative estimate of drug-likeness (QED) is 0.848. The van der Waals surface area contributed by atoms with Crippen molar-refractivity contribution in [2.24, 2.45) is 0 Å². The van der Waals surface area contributed by atoms with Gasteiger partial charge in [-0.3, -0.25) is 4.79 Å². The minimum Gasteiger partial charge on any atom is -0.495 e.